The number of likely N-dealkylation sites (tertiary alicyclic amines) is 1. The van der Waals surface area contributed by atoms with Gasteiger partial charge in [-0.1, -0.05) is 25.1 Å². The Kier molecular flexibility index (Phi) is 7.58. The molecule has 5 N–H and O–H groups in total. The smallest absolute Gasteiger partial charge is 0.353 e. The van der Waals surface area contributed by atoms with Crippen molar-refractivity contribution in [2.45, 2.75) is 64.1 Å². The molecule has 36 heavy (non-hydrogen) atoms. The molecule has 1 aromatic rings. The summed E-state index contributed by atoms with van der Waals surface area (Å²) in [5.74, 6) is -2.33. The fourth-order valence-electron chi connectivity index (χ4n) is 5.80. The van der Waals surface area contributed by atoms with Gasteiger partial charge >= 0.3 is 5.97 Å². The Bertz CT molecular complexity index is 1180. The number of carboxylic acids is 1. The van der Waals surface area contributed by atoms with Crippen LogP contribution in [-0.2, 0) is 26.3 Å². The van der Waals surface area contributed by atoms with Gasteiger partial charge in [-0.05, 0) is 43.9 Å². The monoisotopic (exact) mass is 538 g/mol. The number of aliphatic hydroxyl groups is 1. The van der Waals surface area contributed by atoms with Crippen molar-refractivity contribution in [3.8, 4) is 0 Å². The van der Waals surface area contributed by atoms with Gasteiger partial charge in [-0.25, -0.2) is 14.7 Å². The second-order valence-corrected chi connectivity index (χ2v) is 12.8. The van der Waals surface area contributed by atoms with E-state index in [4.69, 9.17) is 5.14 Å². The highest BCUT2D eigenvalue weighted by Gasteiger charge is 2.60. The minimum Gasteiger partial charge on any atom is -0.477 e. The minimum absolute atomic E-state index is 0.00630. The number of thioether (sulfide) groups is 1. The van der Waals surface area contributed by atoms with E-state index in [1.807, 2.05) is 39.0 Å². The molecule has 0 aromatic heterocycles. The maximum Gasteiger partial charge on any atom is 0.353 e. The van der Waals surface area contributed by atoms with Gasteiger partial charge in [0.2, 0.25) is 5.91 Å². The summed E-state index contributed by atoms with van der Waals surface area (Å²) in [6, 6.07) is 5.61. The number of hydrogen-bond donors (Lipinski definition) is 4. The van der Waals surface area contributed by atoms with Crippen LogP contribution >= 0.6 is 11.8 Å². The number of fused-ring (bicyclic) bond motifs is 1. The number of carbonyl (C=O) groups excluding carboxylic acids is 1. The lowest BCUT2D eigenvalue weighted by molar-refractivity contribution is -0.163. The van der Waals surface area contributed by atoms with E-state index in [1.54, 1.807) is 6.92 Å². The van der Waals surface area contributed by atoms with Crippen molar-refractivity contribution in [2.75, 3.05) is 13.1 Å². The van der Waals surface area contributed by atoms with E-state index in [2.05, 4.69) is 9.62 Å². The minimum atomic E-state index is -3.86. The van der Waals surface area contributed by atoms with Crippen molar-refractivity contribution < 1.29 is 28.2 Å². The third kappa shape index (κ3) is 5.07. The SMILES string of the molecule is Cc1cccc(C)c1CN1C[C@@H](SC2=C(C(=O)O)N3C(=O)[C@H]([C@@H](C)O)[C@H]3[C@H]2C)C[C@H]1CNS(N)(=O)=O. The van der Waals surface area contributed by atoms with E-state index in [0.717, 1.165) is 11.1 Å². The molecule has 2 saturated heterocycles. The molecule has 3 aliphatic heterocycles. The number of amides is 1. The Labute approximate surface area is 216 Å². The first-order chi connectivity index (χ1) is 16.8. The summed E-state index contributed by atoms with van der Waals surface area (Å²) in [4.78, 5) is 29.0. The van der Waals surface area contributed by atoms with Gasteiger partial charge < -0.3 is 15.1 Å². The number of carbonyl (C=O) groups is 2. The van der Waals surface area contributed by atoms with Gasteiger partial charge in [0.15, 0.2) is 0 Å². The molecule has 1 aromatic carbocycles. The first-order valence-corrected chi connectivity index (χ1v) is 14.4. The van der Waals surface area contributed by atoms with Crippen LogP contribution in [0, 0.1) is 25.7 Å². The fourth-order valence-corrected chi connectivity index (χ4v) is 7.82. The first kappa shape index (κ1) is 27.1. The zero-order valence-electron chi connectivity index (χ0n) is 20.8. The largest absolute Gasteiger partial charge is 0.477 e. The maximum atomic E-state index is 12.7. The Hall–Kier alpha value is -1.96. The average Bonchev–Trinajstić information content (AvgIpc) is 3.25. The molecule has 6 atom stereocenters. The molecule has 198 valence electrons. The van der Waals surface area contributed by atoms with E-state index in [1.165, 1.54) is 22.2 Å². The van der Waals surface area contributed by atoms with Crippen LogP contribution in [0.3, 0.4) is 0 Å². The van der Waals surface area contributed by atoms with E-state index in [-0.39, 0.29) is 41.4 Å². The van der Waals surface area contributed by atoms with Gasteiger partial charge in [0.1, 0.15) is 5.70 Å². The second kappa shape index (κ2) is 10.1. The fraction of sp³-hybridized carbons (Fsp3) is 0.583. The molecule has 2 fully saturated rings. The van der Waals surface area contributed by atoms with Crippen molar-refractivity contribution >= 4 is 33.8 Å². The summed E-state index contributed by atoms with van der Waals surface area (Å²) in [7, 11) is -3.86. The van der Waals surface area contributed by atoms with E-state index in [9.17, 15) is 28.2 Å². The number of aliphatic hydroxyl groups excluding tert-OH is 1. The summed E-state index contributed by atoms with van der Waals surface area (Å²) in [6.45, 7) is 8.96. The predicted octanol–water partition coefficient (Wildman–Crippen LogP) is 0.926. The maximum absolute atomic E-state index is 12.7. The first-order valence-electron chi connectivity index (χ1n) is 12.0. The molecule has 3 aliphatic rings. The van der Waals surface area contributed by atoms with Crippen LogP contribution in [0.1, 0.15) is 37.0 Å². The number of nitrogens with two attached hydrogens (primary N) is 1. The molecule has 12 heteroatoms. The van der Waals surface area contributed by atoms with Crippen molar-refractivity contribution in [3.63, 3.8) is 0 Å². The number of nitrogens with one attached hydrogen (secondary N) is 1. The number of aryl methyl sites for hydroxylation is 2. The van der Waals surface area contributed by atoms with Gasteiger partial charge in [0, 0.05) is 41.7 Å². The number of aliphatic carboxylic acids is 1. The summed E-state index contributed by atoms with van der Waals surface area (Å²) >= 11 is 1.46. The number of carboxylic acid groups (broad SMARTS) is 1. The Morgan fingerprint density at radius 1 is 1.31 bits per heavy atom. The van der Waals surface area contributed by atoms with Crippen LogP contribution in [0.2, 0.25) is 0 Å². The number of rotatable bonds is 9. The molecule has 0 bridgehead atoms. The van der Waals surface area contributed by atoms with Gasteiger partial charge in [-0.2, -0.15) is 8.42 Å². The van der Waals surface area contributed by atoms with Crippen LogP contribution in [-0.4, -0.2) is 76.8 Å². The molecule has 4 rings (SSSR count). The van der Waals surface area contributed by atoms with Crippen molar-refractivity contribution in [2.24, 2.45) is 17.0 Å². The summed E-state index contributed by atoms with van der Waals surface area (Å²) in [5.41, 5.74) is 3.48. The van der Waals surface area contributed by atoms with E-state index >= 15 is 0 Å². The van der Waals surface area contributed by atoms with Crippen LogP contribution in [0.4, 0.5) is 0 Å². The quantitative estimate of drug-likeness (QED) is 0.339. The van der Waals surface area contributed by atoms with Crippen molar-refractivity contribution in [3.05, 3.63) is 45.5 Å². The van der Waals surface area contributed by atoms with Gasteiger partial charge in [-0.15, -0.1) is 11.8 Å². The normalized spacial score (nSPS) is 29.4. The Morgan fingerprint density at radius 3 is 2.50 bits per heavy atom. The molecule has 3 heterocycles. The van der Waals surface area contributed by atoms with Crippen LogP contribution in [0.25, 0.3) is 0 Å². The topological polar surface area (TPSA) is 153 Å². The number of benzene rings is 1. The summed E-state index contributed by atoms with van der Waals surface area (Å²) in [6.07, 6.45) is -0.228. The average molecular weight is 539 g/mol. The highest BCUT2D eigenvalue weighted by Crippen LogP contribution is 2.52. The molecule has 0 spiro atoms. The molecule has 1 amide bonds. The van der Waals surface area contributed by atoms with Crippen molar-refractivity contribution in [1.29, 1.82) is 0 Å². The molecule has 0 aliphatic carbocycles. The van der Waals surface area contributed by atoms with Gasteiger partial charge in [0.25, 0.3) is 10.2 Å². The standard InChI is InChI=1S/C24H34N4O6S2/c1-12-6-5-7-13(2)18(12)11-27-10-17(8-16(27)9-26-36(25,33)34)35-22-14(3)20-19(15(4)29)23(30)28(20)21(22)24(31)32/h5-7,14-17,19-20,26,29H,8-11H2,1-4H3,(H,31,32)(H2,25,33,34)/t14-,15-,16+,17+,19-,20-/m1/s1. The number of hydrogen-bond acceptors (Lipinski definition) is 7. The lowest BCUT2D eigenvalue weighted by Crippen LogP contribution is -2.63. The highest BCUT2D eigenvalue weighted by molar-refractivity contribution is 8.03. The zero-order chi connectivity index (χ0) is 26.5. The Morgan fingerprint density at radius 2 is 1.94 bits per heavy atom. The molecule has 0 radical (unpaired) electrons. The predicted molar refractivity (Wildman–Crippen MR) is 137 cm³/mol. The van der Waals surface area contributed by atoms with Crippen LogP contribution < -0.4 is 9.86 Å². The van der Waals surface area contributed by atoms with E-state index < -0.39 is 28.2 Å². The van der Waals surface area contributed by atoms with Gasteiger partial charge in [-0.3, -0.25) is 9.69 Å². The molecular formula is C24H34N4O6S2. The number of nitrogens with zero attached hydrogens (tertiary/aromatic N) is 2. The number of β-lactam (4-membered cyclic amide) rings is 1. The highest BCUT2D eigenvalue weighted by atomic mass is 32.2. The summed E-state index contributed by atoms with van der Waals surface area (Å²) < 4.78 is 25.6. The van der Waals surface area contributed by atoms with Crippen LogP contribution in [0.15, 0.2) is 28.8 Å². The molecule has 0 unspecified atom stereocenters. The third-order valence-corrected chi connectivity index (χ3v) is 9.68. The lowest BCUT2D eigenvalue weighted by atomic mass is 9.79. The second-order valence-electron chi connectivity index (χ2n) is 10.1. The molecular weight excluding hydrogens is 504 g/mol. The third-order valence-electron chi connectivity index (χ3n) is 7.62. The van der Waals surface area contributed by atoms with Crippen molar-refractivity contribution in [1.82, 2.24) is 14.5 Å². The van der Waals surface area contributed by atoms with E-state index in [0.29, 0.717) is 24.4 Å². The van der Waals surface area contributed by atoms with Crippen LogP contribution in [0.5, 0.6) is 0 Å². The molecule has 10 nitrogen and oxygen atoms in total. The molecule has 0 saturated carbocycles. The van der Waals surface area contributed by atoms with Gasteiger partial charge in [0.05, 0.1) is 18.1 Å². The zero-order valence-corrected chi connectivity index (χ0v) is 22.5. The summed E-state index contributed by atoms with van der Waals surface area (Å²) in [5, 5.41) is 25.2. The lowest BCUT2D eigenvalue weighted by Gasteiger charge is -2.46. The Balaban J connectivity index is 1.58.